The lowest BCUT2D eigenvalue weighted by Crippen LogP contribution is -2.56. The van der Waals surface area contributed by atoms with Crippen LogP contribution < -0.4 is 5.32 Å². The number of hydrogen-bond acceptors (Lipinski definition) is 7. The number of ether oxygens (including phenoxy) is 2. The lowest BCUT2D eigenvalue weighted by molar-refractivity contribution is -0.153. The predicted octanol–water partition coefficient (Wildman–Crippen LogP) is 2.20. The normalized spacial score (nSPS) is 27.1. The highest BCUT2D eigenvalue weighted by atomic mass is 16.6. The van der Waals surface area contributed by atoms with Gasteiger partial charge in [-0.2, -0.15) is 0 Å². The van der Waals surface area contributed by atoms with Gasteiger partial charge in [0.15, 0.2) is 0 Å². The minimum absolute atomic E-state index is 0.00523. The number of anilines is 1. The summed E-state index contributed by atoms with van der Waals surface area (Å²) in [6.07, 6.45) is -0.334. The first kappa shape index (κ1) is 22.2. The third kappa shape index (κ3) is 3.56. The number of amides is 2. The molecular formula is C25H27N3O6. The first-order valence-electron chi connectivity index (χ1n) is 11.4. The van der Waals surface area contributed by atoms with E-state index < -0.39 is 41.8 Å². The maximum atomic E-state index is 13.8. The minimum atomic E-state index is -1.44. The lowest BCUT2D eigenvalue weighted by atomic mass is 9.91. The van der Waals surface area contributed by atoms with Crippen molar-refractivity contribution in [3.05, 3.63) is 65.7 Å². The Balaban J connectivity index is 1.38. The van der Waals surface area contributed by atoms with Crippen LogP contribution in [0.5, 0.6) is 0 Å². The van der Waals surface area contributed by atoms with E-state index in [0.29, 0.717) is 30.6 Å². The number of esters is 1. The minimum Gasteiger partial charge on any atom is -0.467 e. The van der Waals surface area contributed by atoms with E-state index in [1.807, 2.05) is 42.5 Å². The molecule has 2 N–H and O–H groups in total. The summed E-state index contributed by atoms with van der Waals surface area (Å²) in [5, 5.41) is 14.8. The van der Waals surface area contributed by atoms with Crippen LogP contribution >= 0.6 is 0 Å². The van der Waals surface area contributed by atoms with Crippen LogP contribution in [0.4, 0.5) is 10.5 Å². The Hall–Kier alpha value is -3.59. The van der Waals surface area contributed by atoms with E-state index in [0.717, 1.165) is 5.56 Å². The number of methoxy groups -OCH3 is 1. The van der Waals surface area contributed by atoms with Gasteiger partial charge in [0.05, 0.1) is 7.11 Å². The van der Waals surface area contributed by atoms with Crippen molar-refractivity contribution < 1.29 is 29.0 Å². The second kappa shape index (κ2) is 8.64. The van der Waals surface area contributed by atoms with Crippen molar-refractivity contribution in [2.24, 2.45) is 0 Å². The molecule has 34 heavy (non-hydrogen) atoms. The SMILES string of the molecule is COC(=O)[C@@H]1C[C@@]2(O)c3ccccc3N[C@H]2N1C(=O)[C@@H]1CCCN1C(=O)OCc1ccccc1. The molecular weight excluding hydrogens is 438 g/mol. The van der Waals surface area contributed by atoms with Crippen molar-refractivity contribution in [1.29, 1.82) is 0 Å². The maximum absolute atomic E-state index is 13.8. The number of nitrogens with one attached hydrogen (secondary N) is 1. The molecule has 3 aliphatic heterocycles. The number of nitrogens with zero attached hydrogens (tertiary/aromatic N) is 2. The van der Waals surface area contributed by atoms with Gasteiger partial charge in [-0.3, -0.25) is 9.69 Å². The van der Waals surface area contributed by atoms with Gasteiger partial charge >= 0.3 is 12.1 Å². The molecule has 2 saturated heterocycles. The number of likely N-dealkylation sites (tertiary alicyclic amines) is 2. The van der Waals surface area contributed by atoms with E-state index in [9.17, 15) is 19.5 Å². The Morgan fingerprint density at radius 2 is 1.82 bits per heavy atom. The summed E-state index contributed by atoms with van der Waals surface area (Å²) in [4.78, 5) is 42.1. The number of aliphatic hydroxyl groups is 1. The molecule has 2 amide bonds. The van der Waals surface area contributed by atoms with Crippen LogP contribution in [-0.4, -0.2) is 64.8 Å². The van der Waals surface area contributed by atoms with Gasteiger partial charge in [-0.1, -0.05) is 48.5 Å². The van der Waals surface area contributed by atoms with Crippen molar-refractivity contribution in [3.63, 3.8) is 0 Å². The average molecular weight is 466 g/mol. The highest BCUT2D eigenvalue weighted by molar-refractivity contribution is 5.92. The number of hydrogen-bond donors (Lipinski definition) is 2. The van der Waals surface area contributed by atoms with E-state index in [4.69, 9.17) is 9.47 Å². The van der Waals surface area contributed by atoms with Crippen LogP contribution in [0.3, 0.4) is 0 Å². The van der Waals surface area contributed by atoms with Crippen molar-refractivity contribution in [3.8, 4) is 0 Å². The van der Waals surface area contributed by atoms with Crippen LogP contribution in [0, 0.1) is 0 Å². The molecule has 3 aliphatic rings. The van der Waals surface area contributed by atoms with Gasteiger partial charge in [-0.15, -0.1) is 0 Å². The van der Waals surface area contributed by atoms with Crippen LogP contribution in [0.15, 0.2) is 54.6 Å². The summed E-state index contributed by atoms with van der Waals surface area (Å²) in [6.45, 7) is 0.480. The highest BCUT2D eigenvalue weighted by Gasteiger charge is 2.61. The van der Waals surface area contributed by atoms with Crippen LogP contribution in [0.25, 0.3) is 0 Å². The zero-order valence-corrected chi connectivity index (χ0v) is 18.8. The smallest absolute Gasteiger partial charge is 0.410 e. The van der Waals surface area contributed by atoms with Crippen LogP contribution in [-0.2, 0) is 31.3 Å². The Morgan fingerprint density at radius 3 is 2.59 bits per heavy atom. The van der Waals surface area contributed by atoms with E-state index in [-0.39, 0.29) is 13.0 Å². The van der Waals surface area contributed by atoms with Gasteiger partial charge < -0.3 is 24.8 Å². The number of carbonyl (C=O) groups excluding carboxylic acids is 3. The third-order valence-electron chi connectivity index (χ3n) is 6.96. The molecule has 0 aliphatic carbocycles. The summed E-state index contributed by atoms with van der Waals surface area (Å²) in [7, 11) is 1.26. The summed E-state index contributed by atoms with van der Waals surface area (Å²) in [5.74, 6) is -1.02. The topological polar surface area (TPSA) is 108 Å². The molecule has 178 valence electrons. The lowest BCUT2D eigenvalue weighted by Gasteiger charge is -2.34. The fourth-order valence-electron chi connectivity index (χ4n) is 5.32. The molecule has 9 heteroatoms. The van der Waals surface area contributed by atoms with Gasteiger partial charge in [-0.05, 0) is 24.5 Å². The zero-order chi connectivity index (χ0) is 23.9. The largest absolute Gasteiger partial charge is 0.467 e. The van der Waals surface area contributed by atoms with Gasteiger partial charge in [-0.25, -0.2) is 9.59 Å². The van der Waals surface area contributed by atoms with Crippen LogP contribution in [0.1, 0.15) is 30.4 Å². The molecule has 2 aromatic carbocycles. The van der Waals surface area contributed by atoms with E-state index in [1.165, 1.54) is 16.9 Å². The molecule has 0 aromatic heterocycles. The molecule has 0 radical (unpaired) electrons. The third-order valence-corrected chi connectivity index (χ3v) is 6.96. The zero-order valence-electron chi connectivity index (χ0n) is 18.8. The summed E-state index contributed by atoms with van der Waals surface area (Å²) >= 11 is 0. The van der Waals surface area contributed by atoms with Gasteiger partial charge in [0.25, 0.3) is 0 Å². The average Bonchev–Trinajstić information content (AvgIpc) is 3.53. The summed E-state index contributed by atoms with van der Waals surface area (Å²) < 4.78 is 10.4. The van der Waals surface area contributed by atoms with E-state index >= 15 is 0 Å². The predicted molar refractivity (Wildman–Crippen MR) is 121 cm³/mol. The second-order valence-corrected chi connectivity index (χ2v) is 8.90. The maximum Gasteiger partial charge on any atom is 0.410 e. The number of fused-ring (bicyclic) bond motifs is 3. The molecule has 0 bridgehead atoms. The monoisotopic (exact) mass is 465 g/mol. The Bertz CT molecular complexity index is 1110. The molecule has 0 unspecified atom stereocenters. The first-order chi connectivity index (χ1) is 16.4. The first-order valence-corrected chi connectivity index (χ1v) is 11.4. The Morgan fingerprint density at radius 1 is 1.09 bits per heavy atom. The number of rotatable bonds is 4. The standard InChI is InChI=1S/C25H27N3O6/c1-33-22(30)20-14-25(32)17-10-5-6-11-18(17)26-23(25)28(20)21(29)19-12-7-13-27(19)24(31)34-15-16-8-3-2-4-9-16/h2-6,8-11,19-20,23,26,32H,7,12-15H2,1H3/t19-,20-,23-,25+/m0/s1. The molecule has 4 atom stereocenters. The number of benzene rings is 2. The molecule has 9 nitrogen and oxygen atoms in total. The fourth-order valence-corrected chi connectivity index (χ4v) is 5.32. The molecule has 3 heterocycles. The van der Waals surface area contributed by atoms with Crippen molar-refractivity contribution in [2.75, 3.05) is 19.0 Å². The Labute approximate surface area is 197 Å². The molecule has 2 aromatic rings. The molecule has 5 rings (SSSR count). The van der Waals surface area contributed by atoms with Crippen LogP contribution in [0.2, 0.25) is 0 Å². The molecule has 0 spiro atoms. The Kier molecular flexibility index (Phi) is 5.65. The number of carbonyl (C=O) groups is 3. The van der Waals surface area contributed by atoms with Gasteiger partial charge in [0.1, 0.15) is 30.5 Å². The fraction of sp³-hybridized carbons (Fsp3) is 0.400. The molecule has 0 saturated carbocycles. The van der Waals surface area contributed by atoms with Crippen molar-refractivity contribution in [2.45, 2.75) is 49.7 Å². The van der Waals surface area contributed by atoms with Crippen molar-refractivity contribution >= 4 is 23.7 Å². The summed E-state index contributed by atoms with van der Waals surface area (Å²) in [5.41, 5.74) is 0.750. The van der Waals surface area contributed by atoms with Gasteiger partial charge in [0, 0.05) is 24.2 Å². The second-order valence-electron chi connectivity index (χ2n) is 8.90. The van der Waals surface area contributed by atoms with E-state index in [1.54, 1.807) is 12.1 Å². The molecule has 2 fully saturated rings. The quantitative estimate of drug-likeness (QED) is 0.667. The highest BCUT2D eigenvalue weighted by Crippen LogP contribution is 2.49. The van der Waals surface area contributed by atoms with Gasteiger partial charge in [0.2, 0.25) is 5.91 Å². The van der Waals surface area contributed by atoms with Crippen molar-refractivity contribution in [1.82, 2.24) is 9.80 Å². The van der Waals surface area contributed by atoms with E-state index in [2.05, 4.69) is 5.32 Å². The summed E-state index contributed by atoms with van der Waals surface area (Å²) in [6, 6.07) is 14.8. The number of para-hydroxylation sites is 1.